The number of hydrogen-bond acceptors (Lipinski definition) is 3. The molecular weight excluding hydrogens is 257 g/mol. The Morgan fingerprint density at radius 1 is 1.05 bits per heavy atom. The minimum atomic E-state index is -0.266. The molecule has 2 N–H and O–H groups in total. The molecule has 20 heavy (non-hydrogen) atoms. The molecule has 2 aromatic carbocycles. The van der Waals surface area contributed by atoms with Gasteiger partial charge in [-0.1, -0.05) is 12.1 Å². The molecule has 0 aliphatic rings. The normalized spacial score (nSPS) is 10.4. The third-order valence-corrected chi connectivity index (χ3v) is 3.13. The summed E-state index contributed by atoms with van der Waals surface area (Å²) in [5.41, 5.74) is 8.26. The first kappa shape index (κ1) is 14.3. The van der Waals surface area contributed by atoms with E-state index in [2.05, 4.69) is 0 Å². The number of ether oxygens (including phenoxy) is 2. The minimum absolute atomic E-state index is 0.266. The van der Waals surface area contributed by atoms with E-state index in [9.17, 15) is 4.39 Å². The van der Waals surface area contributed by atoms with E-state index in [0.29, 0.717) is 24.5 Å². The average Bonchev–Trinajstić information content (AvgIpc) is 2.46. The lowest BCUT2D eigenvalue weighted by molar-refractivity contribution is 0.352. The van der Waals surface area contributed by atoms with Crippen molar-refractivity contribution in [1.82, 2.24) is 0 Å². The Labute approximate surface area is 118 Å². The molecule has 0 saturated heterocycles. The van der Waals surface area contributed by atoms with Crippen LogP contribution in [0, 0.1) is 5.82 Å². The van der Waals surface area contributed by atoms with E-state index >= 15 is 0 Å². The van der Waals surface area contributed by atoms with Gasteiger partial charge in [0.25, 0.3) is 0 Å². The van der Waals surface area contributed by atoms with Crippen molar-refractivity contribution in [2.24, 2.45) is 5.73 Å². The fraction of sp³-hybridized carbons (Fsp3) is 0.250. The zero-order valence-electron chi connectivity index (χ0n) is 11.7. The third-order valence-electron chi connectivity index (χ3n) is 3.13. The Morgan fingerprint density at radius 3 is 2.45 bits per heavy atom. The van der Waals surface area contributed by atoms with Gasteiger partial charge in [0.15, 0.2) is 11.5 Å². The van der Waals surface area contributed by atoms with Crippen LogP contribution < -0.4 is 15.2 Å². The van der Waals surface area contributed by atoms with Crippen molar-refractivity contribution in [1.29, 1.82) is 0 Å². The molecule has 2 rings (SSSR count). The van der Waals surface area contributed by atoms with Crippen LogP contribution in [0.25, 0.3) is 11.1 Å². The maximum Gasteiger partial charge on any atom is 0.163 e. The van der Waals surface area contributed by atoms with E-state index in [4.69, 9.17) is 15.2 Å². The molecule has 0 heterocycles. The monoisotopic (exact) mass is 275 g/mol. The summed E-state index contributed by atoms with van der Waals surface area (Å²) >= 11 is 0. The van der Waals surface area contributed by atoms with E-state index in [1.54, 1.807) is 20.3 Å². The molecule has 0 aliphatic carbocycles. The van der Waals surface area contributed by atoms with Crippen LogP contribution in [0.15, 0.2) is 36.4 Å². The summed E-state index contributed by atoms with van der Waals surface area (Å²) in [6.45, 7) is 0.506. The summed E-state index contributed by atoms with van der Waals surface area (Å²) in [6, 6.07) is 10.3. The SMILES string of the molecule is COc1cc(-c2cccc(F)c2)cc(CCN)c1OC. The number of methoxy groups -OCH3 is 2. The van der Waals surface area contributed by atoms with E-state index in [1.165, 1.54) is 12.1 Å². The molecule has 0 atom stereocenters. The van der Waals surface area contributed by atoms with Crippen molar-refractivity contribution < 1.29 is 13.9 Å². The van der Waals surface area contributed by atoms with Gasteiger partial charge in [-0.2, -0.15) is 0 Å². The molecule has 0 radical (unpaired) electrons. The molecule has 0 bridgehead atoms. The Balaban J connectivity index is 2.56. The molecule has 0 amide bonds. The van der Waals surface area contributed by atoms with Crippen LogP contribution in [0.5, 0.6) is 11.5 Å². The van der Waals surface area contributed by atoms with E-state index in [1.807, 2.05) is 18.2 Å². The second-order valence-corrected chi connectivity index (χ2v) is 4.42. The molecule has 0 fully saturated rings. The zero-order valence-corrected chi connectivity index (χ0v) is 11.7. The van der Waals surface area contributed by atoms with Crippen molar-refractivity contribution in [3.05, 3.63) is 47.8 Å². The molecule has 2 aromatic rings. The Kier molecular flexibility index (Phi) is 4.58. The number of benzene rings is 2. The predicted molar refractivity (Wildman–Crippen MR) is 77.7 cm³/mol. The fourth-order valence-electron chi connectivity index (χ4n) is 2.22. The number of rotatable bonds is 5. The second kappa shape index (κ2) is 6.39. The first-order valence-electron chi connectivity index (χ1n) is 6.40. The Morgan fingerprint density at radius 2 is 1.85 bits per heavy atom. The first-order chi connectivity index (χ1) is 9.69. The van der Waals surface area contributed by atoms with E-state index in [-0.39, 0.29) is 5.82 Å². The summed E-state index contributed by atoms with van der Waals surface area (Å²) in [7, 11) is 3.18. The van der Waals surface area contributed by atoms with Crippen LogP contribution in [-0.4, -0.2) is 20.8 Å². The van der Waals surface area contributed by atoms with E-state index < -0.39 is 0 Å². The quantitative estimate of drug-likeness (QED) is 0.912. The lowest BCUT2D eigenvalue weighted by atomic mass is 10.00. The van der Waals surface area contributed by atoms with Gasteiger partial charge in [-0.25, -0.2) is 4.39 Å². The number of nitrogens with two attached hydrogens (primary N) is 1. The van der Waals surface area contributed by atoms with Gasteiger partial charge in [0, 0.05) is 0 Å². The smallest absolute Gasteiger partial charge is 0.163 e. The van der Waals surface area contributed by atoms with Crippen molar-refractivity contribution in [2.45, 2.75) is 6.42 Å². The highest BCUT2D eigenvalue weighted by molar-refractivity contribution is 5.69. The van der Waals surface area contributed by atoms with Gasteiger partial charge >= 0.3 is 0 Å². The van der Waals surface area contributed by atoms with Gasteiger partial charge in [-0.05, 0) is 53.9 Å². The Bertz CT molecular complexity index is 599. The summed E-state index contributed by atoms with van der Waals surface area (Å²) in [5.74, 6) is 1.04. The highest BCUT2D eigenvalue weighted by Gasteiger charge is 2.13. The third kappa shape index (κ3) is 2.91. The fourth-order valence-corrected chi connectivity index (χ4v) is 2.22. The summed E-state index contributed by atoms with van der Waals surface area (Å²) in [4.78, 5) is 0. The molecular formula is C16H18FNO2. The molecule has 4 heteroatoms. The standard InChI is InChI=1S/C16H18FNO2/c1-19-15-10-13(11-4-3-5-14(17)9-11)8-12(6-7-18)16(15)20-2/h3-5,8-10H,6-7,18H2,1-2H3. The van der Waals surface area contributed by atoms with Gasteiger partial charge in [0.1, 0.15) is 5.82 Å². The van der Waals surface area contributed by atoms with Gasteiger partial charge < -0.3 is 15.2 Å². The molecule has 0 spiro atoms. The van der Waals surface area contributed by atoms with Crippen LogP contribution in [0.1, 0.15) is 5.56 Å². The molecule has 0 aliphatic heterocycles. The number of halogens is 1. The minimum Gasteiger partial charge on any atom is -0.493 e. The molecule has 3 nitrogen and oxygen atoms in total. The van der Waals surface area contributed by atoms with Crippen molar-refractivity contribution in [2.75, 3.05) is 20.8 Å². The first-order valence-corrected chi connectivity index (χ1v) is 6.40. The Hall–Kier alpha value is -2.07. The second-order valence-electron chi connectivity index (χ2n) is 4.42. The number of hydrogen-bond donors (Lipinski definition) is 1. The molecule has 106 valence electrons. The van der Waals surface area contributed by atoms with Crippen LogP contribution >= 0.6 is 0 Å². The lowest BCUT2D eigenvalue weighted by Crippen LogP contribution is -2.05. The molecule has 0 unspecified atom stereocenters. The predicted octanol–water partition coefficient (Wildman–Crippen LogP) is 3.01. The average molecular weight is 275 g/mol. The zero-order chi connectivity index (χ0) is 14.5. The summed E-state index contributed by atoms with van der Waals surface area (Å²) in [6.07, 6.45) is 0.669. The van der Waals surface area contributed by atoms with Crippen molar-refractivity contribution in [3.8, 4) is 22.6 Å². The maximum absolute atomic E-state index is 13.4. The topological polar surface area (TPSA) is 44.5 Å². The van der Waals surface area contributed by atoms with Crippen molar-refractivity contribution in [3.63, 3.8) is 0 Å². The molecule has 0 saturated carbocycles. The van der Waals surface area contributed by atoms with E-state index in [0.717, 1.165) is 16.7 Å². The highest BCUT2D eigenvalue weighted by Crippen LogP contribution is 2.36. The lowest BCUT2D eigenvalue weighted by Gasteiger charge is -2.15. The van der Waals surface area contributed by atoms with Gasteiger partial charge in [0.2, 0.25) is 0 Å². The summed E-state index contributed by atoms with van der Waals surface area (Å²) < 4.78 is 24.1. The maximum atomic E-state index is 13.4. The van der Waals surface area contributed by atoms with Crippen LogP contribution in [0.3, 0.4) is 0 Å². The van der Waals surface area contributed by atoms with Crippen LogP contribution in [-0.2, 0) is 6.42 Å². The van der Waals surface area contributed by atoms with Gasteiger partial charge in [-0.15, -0.1) is 0 Å². The van der Waals surface area contributed by atoms with Gasteiger partial charge in [-0.3, -0.25) is 0 Å². The van der Waals surface area contributed by atoms with Gasteiger partial charge in [0.05, 0.1) is 14.2 Å². The largest absolute Gasteiger partial charge is 0.493 e. The van der Waals surface area contributed by atoms with Crippen LogP contribution in [0.2, 0.25) is 0 Å². The molecule has 0 aromatic heterocycles. The van der Waals surface area contributed by atoms with Crippen LogP contribution in [0.4, 0.5) is 4.39 Å². The summed E-state index contributed by atoms with van der Waals surface area (Å²) in [5, 5.41) is 0. The van der Waals surface area contributed by atoms with Crippen molar-refractivity contribution >= 4 is 0 Å². The highest BCUT2D eigenvalue weighted by atomic mass is 19.1.